The smallest absolute Gasteiger partial charge is 0.251 e. The van der Waals surface area contributed by atoms with Crippen LogP contribution < -0.4 is 10.6 Å². The maximum atomic E-state index is 12.3. The van der Waals surface area contributed by atoms with E-state index < -0.39 is 0 Å². The molecule has 1 aromatic carbocycles. The van der Waals surface area contributed by atoms with E-state index in [9.17, 15) is 9.59 Å². The van der Waals surface area contributed by atoms with Crippen molar-refractivity contribution in [2.45, 2.75) is 49.8 Å². The summed E-state index contributed by atoms with van der Waals surface area (Å²) in [6.45, 7) is 0.346. The number of aromatic nitrogens is 2. The average Bonchev–Trinajstić information content (AvgIpc) is 3.49. The second kappa shape index (κ2) is 10.3. The Balaban J connectivity index is 1.32. The second-order valence-electron chi connectivity index (χ2n) is 7.58. The molecule has 1 saturated carbocycles. The maximum absolute atomic E-state index is 12.3. The minimum atomic E-state index is -0.164. The number of carbonyl (C=O) groups is 2. The number of thioether (sulfide) groups is 1. The number of nitrogens with one attached hydrogen (secondary N) is 2. The summed E-state index contributed by atoms with van der Waals surface area (Å²) in [5, 5.41) is 6.71. The number of imidazole rings is 1. The van der Waals surface area contributed by atoms with Crippen molar-refractivity contribution < 1.29 is 14.0 Å². The summed E-state index contributed by atoms with van der Waals surface area (Å²) >= 11 is 1.41. The van der Waals surface area contributed by atoms with Crippen molar-refractivity contribution in [2.75, 3.05) is 5.75 Å². The zero-order valence-electron chi connectivity index (χ0n) is 17.3. The molecule has 0 radical (unpaired) electrons. The lowest BCUT2D eigenvalue weighted by Crippen LogP contribution is -2.37. The molecule has 2 aromatic heterocycles. The van der Waals surface area contributed by atoms with Crippen molar-refractivity contribution in [1.82, 2.24) is 20.2 Å². The van der Waals surface area contributed by atoms with Gasteiger partial charge in [0.1, 0.15) is 5.76 Å². The minimum Gasteiger partial charge on any atom is -0.467 e. The first-order chi connectivity index (χ1) is 15.2. The molecule has 7 nitrogen and oxygen atoms in total. The SMILES string of the molecule is O=C(CSc1nccn1-c1ccc(C(=O)NCc2ccco2)cc1)NC1CCCCC1. The zero-order valence-corrected chi connectivity index (χ0v) is 18.1. The van der Waals surface area contributed by atoms with Crippen LogP contribution in [0, 0.1) is 0 Å². The largest absolute Gasteiger partial charge is 0.467 e. The van der Waals surface area contributed by atoms with Crippen molar-refractivity contribution >= 4 is 23.6 Å². The van der Waals surface area contributed by atoms with E-state index >= 15 is 0 Å². The quantitative estimate of drug-likeness (QED) is 0.520. The molecule has 162 valence electrons. The fourth-order valence-corrected chi connectivity index (χ4v) is 4.48. The predicted octanol–water partition coefficient (Wildman–Crippen LogP) is 3.94. The number of carbonyl (C=O) groups excluding carboxylic acids is 2. The first kappa shape index (κ1) is 21.2. The van der Waals surface area contributed by atoms with Gasteiger partial charge in [0.25, 0.3) is 5.91 Å². The summed E-state index contributed by atoms with van der Waals surface area (Å²) in [6.07, 6.45) is 11.0. The predicted molar refractivity (Wildman–Crippen MR) is 119 cm³/mol. The van der Waals surface area contributed by atoms with Gasteiger partial charge >= 0.3 is 0 Å². The lowest BCUT2D eigenvalue weighted by atomic mass is 9.95. The molecule has 0 spiro atoms. The Bertz CT molecular complexity index is 992. The van der Waals surface area contributed by atoms with E-state index in [0.717, 1.165) is 23.7 Å². The number of furan rings is 1. The topological polar surface area (TPSA) is 89.2 Å². The Morgan fingerprint density at radius 1 is 1.13 bits per heavy atom. The van der Waals surface area contributed by atoms with Crippen LogP contribution in [0.2, 0.25) is 0 Å². The number of nitrogens with zero attached hydrogens (tertiary/aromatic N) is 2. The van der Waals surface area contributed by atoms with Crippen LogP contribution in [0.1, 0.15) is 48.2 Å². The highest BCUT2D eigenvalue weighted by Crippen LogP contribution is 2.22. The summed E-state index contributed by atoms with van der Waals surface area (Å²) in [7, 11) is 0. The molecule has 2 amide bonds. The van der Waals surface area contributed by atoms with E-state index in [2.05, 4.69) is 15.6 Å². The Kier molecular flexibility index (Phi) is 7.09. The fourth-order valence-electron chi connectivity index (χ4n) is 3.70. The lowest BCUT2D eigenvalue weighted by Gasteiger charge is -2.22. The van der Waals surface area contributed by atoms with E-state index in [1.165, 1.54) is 31.0 Å². The molecule has 1 aliphatic rings. The first-order valence-electron chi connectivity index (χ1n) is 10.6. The van der Waals surface area contributed by atoms with Crippen molar-refractivity contribution in [1.29, 1.82) is 0 Å². The lowest BCUT2D eigenvalue weighted by molar-refractivity contribution is -0.119. The first-order valence-corrected chi connectivity index (χ1v) is 11.5. The Morgan fingerprint density at radius 2 is 1.94 bits per heavy atom. The van der Waals surface area contributed by atoms with Crippen LogP contribution in [0.3, 0.4) is 0 Å². The average molecular weight is 439 g/mol. The van der Waals surface area contributed by atoms with Crippen LogP contribution in [0.25, 0.3) is 5.69 Å². The highest BCUT2D eigenvalue weighted by Gasteiger charge is 2.16. The molecule has 2 heterocycles. The van der Waals surface area contributed by atoms with Crippen molar-refractivity contribution in [3.8, 4) is 5.69 Å². The van der Waals surface area contributed by atoms with Crippen LogP contribution in [0.4, 0.5) is 0 Å². The molecule has 0 atom stereocenters. The molecular weight excluding hydrogens is 412 g/mol. The molecule has 8 heteroatoms. The molecule has 2 N–H and O–H groups in total. The monoisotopic (exact) mass is 438 g/mol. The Labute approximate surface area is 185 Å². The Morgan fingerprint density at radius 3 is 2.68 bits per heavy atom. The number of hydrogen-bond donors (Lipinski definition) is 2. The van der Waals surface area contributed by atoms with Gasteiger partial charge in [-0.1, -0.05) is 31.0 Å². The highest BCUT2D eigenvalue weighted by molar-refractivity contribution is 7.99. The van der Waals surface area contributed by atoms with Gasteiger partial charge in [-0.15, -0.1) is 0 Å². The van der Waals surface area contributed by atoms with Gasteiger partial charge in [-0.25, -0.2) is 4.98 Å². The van der Waals surface area contributed by atoms with Gasteiger partial charge in [-0.2, -0.15) is 0 Å². The summed E-state index contributed by atoms with van der Waals surface area (Å²) in [6, 6.07) is 11.2. The van der Waals surface area contributed by atoms with E-state index in [1.54, 1.807) is 30.7 Å². The van der Waals surface area contributed by atoms with Gasteiger partial charge in [-0.3, -0.25) is 14.2 Å². The van der Waals surface area contributed by atoms with Crippen LogP contribution in [-0.4, -0.2) is 33.2 Å². The van der Waals surface area contributed by atoms with Crippen molar-refractivity contribution in [3.05, 3.63) is 66.4 Å². The summed E-state index contributed by atoms with van der Waals surface area (Å²) in [5.41, 5.74) is 1.45. The molecule has 0 bridgehead atoms. The molecule has 0 aliphatic heterocycles. The summed E-state index contributed by atoms with van der Waals surface area (Å²) in [4.78, 5) is 29.0. The molecule has 1 aliphatic carbocycles. The third kappa shape index (κ3) is 5.79. The molecule has 3 aromatic rings. The fraction of sp³-hybridized carbons (Fsp3) is 0.348. The van der Waals surface area contributed by atoms with E-state index in [1.807, 2.05) is 29.0 Å². The van der Waals surface area contributed by atoms with Gasteiger partial charge in [0.15, 0.2) is 5.16 Å². The molecule has 31 heavy (non-hydrogen) atoms. The van der Waals surface area contributed by atoms with Crippen LogP contribution in [0.5, 0.6) is 0 Å². The van der Waals surface area contributed by atoms with Gasteiger partial charge in [-0.05, 0) is 49.2 Å². The minimum absolute atomic E-state index is 0.0510. The van der Waals surface area contributed by atoms with Crippen molar-refractivity contribution in [2.24, 2.45) is 0 Å². The summed E-state index contributed by atoms with van der Waals surface area (Å²) in [5.74, 6) is 0.927. The van der Waals surface area contributed by atoms with Gasteiger partial charge in [0.05, 0.1) is 18.6 Å². The second-order valence-corrected chi connectivity index (χ2v) is 8.52. The molecule has 0 saturated heterocycles. The number of benzene rings is 1. The van der Waals surface area contributed by atoms with Crippen LogP contribution in [-0.2, 0) is 11.3 Å². The highest BCUT2D eigenvalue weighted by atomic mass is 32.2. The Hall–Kier alpha value is -3.00. The third-order valence-electron chi connectivity index (χ3n) is 5.32. The van der Waals surface area contributed by atoms with Gasteiger partial charge in [0, 0.05) is 29.7 Å². The van der Waals surface area contributed by atoms with Crippen LogP contribution >= 0.6 is 11.8 Å². The molecule has 4 rings (SSSR count). The molecular formula is C23H26N4O3S. The van der Waals surface area contributed by atoms with E-state index in [0.29, 0.717) is 29.7 Å². The number of amides is 2. The maximum Gasteiger partial charge on any atom is 0.251 e. The number of rotatable bonds is 8. The molecule has 1 fully saturated rings. The summed E-state index contributed by atoms with van der Waals surface area (Å²) < 4.78 is 7.15. The van der Waals surface area contributed by atoms with Crippen LogP contribution in [0.15, 0.2) is 64.6 Å². The van der Waals surface area contributed by atoms with Crippen molar-refractivity contribution in [3.63, 3.8) is 0 Å². The van der Waals surface area contributed by atoms with Gasteiger partial charge in [0.2, 0.25) is 5.91 Å². The van der Waals surface area contributed by atoms with E-state index in [4.69, 9.17) is 4.42 Å². The van der Waals surface area contributed by atoms with Gasteiger partial charge < -0.3 is 15.1 Å². The zero-order chi connectivity index (χ0) is 21.5. The third-order valence-corrected chi connectivity index (χ3v) is 6.29. The number of hydrogen-bond acceptors (Lipinski definition) is 5. The molecule has 0 unspecified atom stereocenters. The van der Waals surface area contributed by atoms with E-state index in [-0.39, 0.29) is 11.8 Å². The normalized spacial score (nSPS) is 14.3. The standard InChI is InChI=1S/C23H26N4O3S/c28-21(26-18-5-2-1-3-6-18)16-31-23-24-12-13-27(23)19-10-8-17(9-11-19)22(29)25-15-20-7-4-14-30-20/h4,7-14,18H,1-3,5-6,15-16H2,(H,25,29)(H,26,28).